The first-order valence-electron chi connectivity index (χ1n) is 5.06. The Morgan fingerprint density at radius 1 is 1.30 bits per heavy atom. The lowest BCUT2D eigenvalue weighted by atomic mass is 10.2. The van der Waals surface area contributed by atoms with Crippen molar-refractivity contribution in [2.24, 2.45) is 0 Å². The van der Waals surface area contributed by atoms with Gasteiger partial charge in [0, 0.05) is 5.69 Å². The maximum atomic E-state index is 13.5. The summed E-state index contributed by atoms with van der Waals surface area (Å²) in [5.41, 5.74) is -2.37. The summed E-state index contributed by atoms with van der Waals surface area (Å²) >= 11 is 5.19. The molecule has 0 atom stereocenters. The molecule has 0 aliphatic rings. The molecule has 0 aliphatic carbocycles. The smallest absolute Gasteiger partial charge is 0.275 e. The van der Waals surface area contributed by atoms with Crippen LogP contribution < -0.4 is 0 Å². The maximum Gasteiger partial charge on any atom is 0.459 e. The maximum absolute atomic E-state index is 13.5. The molecule has 20 heavy (non-hydrogen) atoms. The highest BCUT2D eigenvalue weighted by molar-refractivity contribution is 6.68. The second-order valence-electron chi connectivity index (χ2n) is 3.92. The normalized spacial score (nSPS) is 12.9. The van der Waals surface area contributed by atoms with E-state index < -0.39 is 28.7 Å². The van der Waals surface area contributed by atoms with Crippen LogP contribution in [0.2, 0.25) is 0 Å². The van der Waals surface area contributed by atoms with Crippen molar-refractivity contribution in [2.75, 3.05) is 0 Å². The van der Waals surface area contributed by atoms with Crippen LogP contribution in [0.1, 0.15) is 21.7 Å². The molecule has 0 N–H and O–H groups in total. The summed E-state index contributed by atoms with van der Waals surface area (Å²) in [4.78, 5) is 14.8. The lowest BCUT2D eigenvalue weighted by Crippen LogP contribution is -2.36. The van der Waals surface area contributed by atoms with Crippen LogP contribution >= 0.6 is 11.6 Å². The number of aryl methyl sites for hydroxylation is 1. The Morgan fingerprint density at radius 3 is 2.40 bits per heavy atom. The molecule has 2 heterocycles. The minimum absolute atomic E-state index is 0.129. The minimum atomic E-state index is -5.80. The first-order chi connectivity index (χ1) is 9.05. The van der Waals surface area contributed by atoms with Gasteiger partial charge >= 0.3 is 12.1 Å². The Bertz CT molecular complexity index is 694. The van der Waals surface area contributed by atoms with Crippen molar-refractivity contribution in [3.8, 4) is 0 Å². The van der Waals surface area contributed by atoms with Gasteiger partial charge in [0.25, 0.3) is 5.24 Å². The van der Waals surface area contributed by atoms with Crippen LogP contribution in [0.3, 0.4) is 0 Å². The van der Waals surface area contributed by atoms with Gasteiger partial charge < -0.3 is 0 Å². The fraction of sp³-hybridized carbons (Fsp3) is 0.300. The van der Waals surface area contributed by atoms with Crippen molar-refractivity contribution in [1.29, 1.82) is 0 Å². The van der Waals surface area contributed by atoms with Gasteiger partial charge in [0.05, 0.1) is 11.8 Å². The summed E-state index contributed by atoms with van der Waals surface area (Å²) in [5, 5.41) is 2.27. The first-order valence-corrected chi connectivity index (χ1v) is 5.43. The van der Waals surface area contributed by atoms with Gasteiger partial charge in [-0.2, -0.15) is 27.1 Å². The minimum Gasteiger partial charge on any atom is -0.275 e. The Kier molecular flexibility index (Phi) is 3.20. The van der Waals surface area contributed by atoms with E-state index in [1.807, 2.05) is 0 Å². The second kappa shape index (κ2) is 4.37. The zero-order valence-corrected chi connectivity index (χ0v) is 10.4. The van der Waals surface area contributed by atoms with Crippen LogP contribution in [0, 0.1) is 6.92 Å². The van der Waals surface area contributed by atoms with Gasteiger partial charge in [-0.15, -0.1) is 0 Å². The molecule has 2 aromatic heterocycles. The average Bonchev–Trinajstić information content (AvgIpc) is 2.69. The topological polar surface area (TPSA) is 47.3 Å². The van der Waals surface area contributed by atoms with Crippen LogP contribution in [-0.2, 0) is 5.92 Å². The van der Waals surface area contributed by atoms with Crippen LogP contribution in [0.4, 0.5) is 22.0 Å². The van der Waals surface area contributed by atoms with Crippen LogP contribution in [-0.4, -0.2) is 26.0 Å². The van der Waals surface area contributed by atoms with Gasteiger partial charge in [0.2, 0.25) is 0 Å². The standard InChI is InChI=1S/C10H5ClF5N3O/c1-4-2-6(9(12,13)10(14,15)16)19-8(18-4)5(3-17-19)7(11)20/h2-3H,1H3. The Hall–Kier alpha value is -1.77. The third-order valence-corrected chi connectivity index (χ3v) is 2.69. The molecule has 0 unspecified atom stereocenters. The zero-order valence-electron chi connectivity index (χ0n) is 9.67. The van der Waals surface area contributed by atoms with Crippen LogP contribution in [0.5, 0.6) is 0 Å². The monoisotopic (exact) mass is 313 g/mol. The SMILES string of the molecule is Cc1cc(C(F)(F)C(F)(F)F)n2ncc(C(=O)Cl)c2n1. The number of hydrogen-bond donors (Lipinski definition) is 0. The van der Waals surface area contributed by atoms with Gasteiger partial charge in [-0.05, 0) is 24.6 Å². The first kappa shape index (κ1) is 14.6. The number of rotatable bonds is 2. The van der Waals surface area contributed by atoms with Crippen LogP contribution in [0.25, 0.3) is 5.65 Å². The van der Waals surface area contributed by atoms with E-state index in [1.165, 1.54) is 6.92 Å². The Balaban J connectivity index is 2.82. The van der Waals surface area contributed by atoms with Gasteiger partial charge in [0.1, 0.15) is 5.69 Å². The molecule has 10 heteroatoms. The summed E-state index contributed by atoms with van der Waals surface area (Å²) in [6.45, 7) is 1.21. The lowest BCUT2D eigenvalue weighted by Gasteiger charge is -2.20. The molecule has 0 radical (unpaired) electrons. The molecule has 108 valence electrons. The lowest BCUT2D eigenvalue weighted by molar-refractivity contribution is -0.291. The number of aromatic nitrogens is 3. The van der Waals surface area contributed by atoms with Gasteiger partial charge in [-0.1, -0.05) is 0 Å². The number of alkyl halides is 5. The third-order valence-electron chi connectivity index (χ3n) is 2.49. The van der Waals surface area contributed by atoms with Crippen molar-refractivity contribution in [2.45, 2.75) is 19.0 Å². The van der Waals surface area contributed by atoms with E-state index in [0.717, 1.165) is 6.20 Å². The quantitative estimate of drug-likeness (QED) is 0.632. The van der Waals surface area contributed by atoms with E-state index in [0.29, 0.717) is 6.07 Å². The van der Waals surface area contributed by atoms with Crippen molar-refractivity contribution < 1.29 is 26.7 Å². The van der Waals surface area contributed by atoms with E-state index in [1.54, 1.807) is 0 Å². The largest absolute Gasteiger partial charge is 0.459 e. The fourth-order valence-electron chi connectivity index (χ4n) is 1.59. The number of nitrogens with zero attached hydrogens (tertiary/aromatic N) is 3. The number of fused-ring (bicyclic) bond motifs is 1. The second-order valence-corrected chi connectivity index (χ2v) is 4.27. The summed E-state index contributed by atoms with van der Waals surface area (Å²) in [7, 11) is 0. The highest BCUT2D eigenvalue weighted by atomic mass is 35.5. The summed E-state index contributed by atoms with van der Waals surface area (Å²) in [6, 6.07) is 0.552. The molecule has 0 amide bonds. The van der Waals surface area contributed by atoms with Gasteiger partial charge in [-0.25, -0.2) is 9.50 Å². The zero-order chi connectivity index (χ0) is 15.3. The molecular formula is C10H5ClF5N3O. The van der Waals surface area contributed by atoms with Crippen molar-refractivity contribution >= 4 is 22.5 Å². The van der Waals surface area contributed by atoms with E-state index in [-0.39, 0.29) is 15.8 Å². The fourth-order valence-corrected chi connectivity index (χ4v) is 1.73. The molecule has 0 spiro atoms. The molecule has 0 bridgehead atoms. The van der Waals surface area contributed by atoms with Gasteiger partial charge in [-0.3, -0.25) is 4.79 Å². The van der Waals surface area contributed by atoms with E-state index in [4.69, 9.17) is 11.6 Å². The molecular weight excluding hydrogens is 309 g/mol. The van der Waals surface area contributed by atoms with Crippen molar-refractivity contribution in [1.82, 2.24) is 14.6 Å². The van der Waals surface area contributed by atoms with Crippen LogP contribution in [0.15, 0.2) is 12.3 Å². The van der Waals surface area contributed by atoms with E-state index >= 15 is 0 Å². The molecule has 2 aromatic rings. The summed E-state index contributed by atoms with van der Waals surface area (Å²) in [5.74, 6) is -5.14. The summed E-state index contributed by atoms with van der Waals surface area (Å²) in [6.07, 6.45) is -5.02. The molecule has 0 aliphatic heterocycles. The third kappa shape index (κ3) is 2.11. The van der Waals surface area contributed by atoms with Crippen molar-refractivity contribution in [3.63, 3.8) is 0 Å². The molecule has 0 saturated carbocycles. The molecule has 0 fully saturated rings. The summed E-state index contributed by atoms with van der Waals surface area (Å²) < 4.78 is 64.5. The van der Waals surface area contributed by atoms with E-state index in [2.05, 4.69) is 10.1 Å². The van der Waals surface area contributed by atoms with Gasteiger partial charge in [0.15, 0.2) is 5.65 Å². The number of carbonyl (C=O) groups is 1. The molecule has 0 saturated heterocycles. The molecule has 0 aromatic carbocycles. The Morgan fingerprint density at radius 2 is 1.90 bits per heavy atom. The van der Waals surface area contributed by atoms with Crippen molar-refractivity contribution in [3.05, 3.63) is 29.2 Å². The highest BCUT2D eigenvalue weighted by Crippen LogP contribution is 2.43. The molecule has 4 nitrogen and oxygen atoms in total. The highest BCUT2D eigenvalue weighted by Gasteiger charge is 2.60. The Labute approximate surface area is 113 Å². The predicted octanol–water partition coefficient (Wildman–Crippen LogP) is 3.07. The molecule has 2 rings (SSSR count). The number of halogens is 6. The number of carbonyl (C=O) groups excluding carboxylic acids is 1. The predicted molar refractivity (Wildman–Crippen MR) is 57.9 cm³/mol. The number of hydrogen-bond acceptors (Lipinski definition) is 3. The van der Waals surface area contributed by atoms with E-state index in [9.17, 15) is 26.7 Å². The average molecular weight is 314 g/mol.